The SMILES string of the molecule is Cc1ccccc1CNS(=O)(=O)c1cccc(F)c1N. The maximum atomic E-state index is 13.3. The van der Waals surface area contributed by atoms with Crippen molar-refractivity contribution >= 4 is 15.7 Å². The van der Waals surface area contributed by atoms with Crippen LogP contribution < -0.4 is 10.5 Å². The lowest BCUT2D eigenvalue weighted by Crippen LogP contribution is -2.24. The van der Waals surface area contributed by atoms with Crippen molar-refractivity contribution in [1.82, 2.24) is 4.72 Å². The van der Waals surface area contributed by atoms with Crippen LogP contribution in [0.5, 0.6) is 0 Å². The Morgan fingerprint density at radius 2 is 1.85 bits per heavy atom. The first-order chi connectivity index (χ1) is 9.42. The highest BCUT2D eigenvalue weighted by molar-refractivity contribution is 7.89. The van der Waals surface area contributed by atoms with Gasteiger partial charge in [-0.25, -0.2) is 17.5 Å². The highest BCUT2D eigenvalue weighted by atomic mass is 32.2. The van der Waals surface area contributed by atoms with E-state index >= 15 is 0 Å². The van der Waals surface area contributed by atoms with Gasteiger partial charge >= 0.3 is 0 Å². The first-order valence-corrected chi connectivity index (χ1v) is 7.48. The zero-order valence-electron chi connectivity index (χ0n) is 10.9. The predicted octanol–water partition coefficient (Wildman–Crippen LogP) is 2.19. The van der Waals surface area contributed by atoms with Crippen LogP contribution in [0.2, 0.25) is 0 Å². The van der Waals surface area contributed by atoms with Crippen molar-refractivity contribution in [3.8, 4) is 0 Å². The fourth-order valence-corrected chi connectivity index (χ4v) is 2.96. The van der Waals surface area contributed by atoms with E-state index in [1.807, 2.05) is 31.2 Å². The van der Waals surface area contributed by atoms with Crippen LogP contribution in [0.15, 0.2) is 47.4 Å². The average molecular weight is 294 g/mol. The van der Waals surface area contributed by atoms with Gasteiger partial charge in [-0.05, 0) is 30.2 Å². The number of benzene rings is 2. The third-order valence-electron chi connectivity index (χ3n) is 3.02. The summed E-state index contributed by atoms with van der Waals surface area (Å²) in [4.78, 5) is -0.244. The molecule has 3 N–H and O–H groups in total. The summed E-state index contributed by atoms with van der Waals surface area (Å²) in [6.07, 6.45) is 0. The Morgan fingerprint density at radius 3 is 2.55 bits per heavy atom. The highest BCUT2D eigenvalue weighted by Gasteiger charge is 2.19. The Hall–Kier alpha value is -1.92. The lowest BCUT2D eigenvalue weighted by molar-refractivity contribution is 0.578. The number of nitrogens with two attached hydrogens (primary N) is 1. The number of hydrogen-bond acceptors (Lipinski definition) is 3. The average Bonchev–Trinajstić information content (AvgIpc) is 2.41. The van der Waals surface area contributed by atoms with Crippen LogP contribution in [0.25, 0.3) is 0 Å². The molecule has 0 saturated carbocycles. The molecule has 106 valence electrons. The number of nitrogen functional groups attached to an aromatic ring is 1. The third-order valence-corrected chi connectivity index (χ3v) is 4.48. The minimum atomic E-state index is -3.84. The van der Waals surface area contributed by atoms with Crippen molar-refractivity contribution in [1.29, 1.82) is 0 Å². The van der Waals surface area contributed by atoms with Gasteiger partial charge in [-0.15, -0.1) is 0 Å². The summed E-state index contributed by atoms with van der Waals surface area (Å²) in [7, 11) is -3.84. The number of sulfonamides is 1. The zero-order chi connectivity index (χ0) is 14.8. The molecule has 0 amide bonds. The van der Waals surface area contributed by atoms with Gasteiger partial charge in [0.2, 0.25) is 10.0 Å². The second kappa shape index (κ2) is 5.60. The van der Waals surface area contributed by atoms with E-state index < -0.39 is 15.8 Å². The second-order valence-corrected chi connectivity index (χ2v) is 6.14. The van der Waals surface area contributed by atoms with Crippen molar-refractivity contribution in [2.24, 2.45) is 0 Å². The van der Waals surface area contributed by atoms with Gasteiger partial charge in [0.25, 0.3) is 0 Å². The Balaban J connectivity index is 2.24. The van der Waals surface area contributed by atoms with Crippen LogP contribution in [0.3, 0.4) is 0 Å². The smallest absolute Gasteiger partial charge is 0.243 e. The van der Waals surface area contributed by atoms with Gasteiger partial charge in [0.15, 0.2) is 0 Å². The van der Waals surface area contributed by atoms with Crippen LogP contribution in [-0.2, 0) is 16.6 Å². The Bertz CT molecular complexity index is 730. The summed E-state index contributed by atoms with van der Waals surface area (Å²) in [5.74, 6) is -0.747. The molecule has 0 heterocycles. The Kier molecular flexibility index (Phi) is 4.06. The summed E-state index contributed by atoms with van der Waals surface area (Å²) in [5.41, 5.74) is 6.93. The van der Waals surface area contributed by atoms with Crippen LogP contribution in [0.4, 0.5) is 10.1 Å². The fourth-order valence-electron chi connectivity index (χ4n) is 1.81. The molecular weight excluding hydrogens is 279 g/mol. The molecule has 2 aromatic carbocycles. The Labute approximate surface area is 117 Å². The number of para-hydroxylation sites is 1. The summed E-state index contributed by atoms with van der Waals surface area (Å²) in [6, 6.07) is 11.1. The summed E-state index contributed by atoms with van der Waals surface area (Å²) in [6.45, 7) is 2.02. The molecule has 2 rings (SSSR count). The van der Waals surface area contributed by atoms with Gasteiger partial charge in [-0.3, -0.25) is 0 Å². The lowest BCUT2D eigenvalue weighted by Gasteiger charge is -2.10. The molecule has 0 aromatic heterocycles. The van der Waals surface area contributed by atoms with Gasteiger partial charge in [0, 0.05) is 6.54 Å². The standard InChI is InChI=1S/C14H15FN2O2S/c1-10-5-2-3-6-11(10)9-17-20(18,19)13-8-4-7-12(15)14(13)16/h2-8,17H,9,16H2,1H3. The third kappa shape index (κ3) is 2.97. The number of aryl methyl sites for hydroxylation is 1. The number of anilines is 1. The minimum Gasteiger partial charge on any atom is -0.395 e. The molecule has 4 nitrogen and oxygen atoms in total. The largest absolute Gasteiger partial charge is 0.395 e. The fraction of sp³-hybridized carbons (Fsp3) is 0.143. The first kappa shape index (κ1) is 14.5. The maximum absolute atomic E-state index is 13.3. The molecule has 0 saturated heterocycles. The van der Waals surface area contributed by atoms with Crippen molar-refractivity contribution < 1.29 is 12.8 Å². The van der Waals surface area contributed by atoms with Gasteiger partial charge in [0.1, 0.15) is 10.7 Å². The molecule has 0 aliphatic heterocycles. The van der Waals surface area contributed by atoms with Gasteiger partial charge in [0.05, 0.1) is 5.69 Å². The van der Waals surface area contributed by atoms with Crippen LogP contribution in [-0.4, -0.2) is 8.42 Å². The summed E-state index contributed by atoms with van der Waals surface area (Å²) < 4.78 is 40.0. The lowest BCUT2D eigenvalue weighted by atomic mass is 10.1. The van der Waals surface area contributed by atoms with Crippen LogP contribution in [0, 0.1) is 12.7 Å². The molecule has 0 atom stereocenters. The van der Waals surface area contributed by atoms with Crippen molar-refractivity contribution in [2.45, 2.75) is 18.4 Å². The van der Waals surface area contributed by atoms with E-state index in [0.29, 0.717) is 0 Å². The van der Waals surface area contributed by atoms with Gasteiger partial charge in [-0.2, -0.15) is 0 Å². The molecule has 0 aliphatic carbocycles. The molecular formula is C14H15FN2O2S. The molecule has 0 spiro atoms. The molecule has 0 aliphatic rings. The molecule has 2 aromatic rings. The van der Waals surface area contributed by atoms with E-state index in [-0.39, 0.29) is 17.1 Å². The molecule has 20 heavy (non-hydrogen) atoms. The highest BCUT2D eigenvalue weighted by Crippen LogP contribution is 2.21. The van der Waals surface area contributed by atoms with Crippen molar-refractivity contribution in [3.63, 3.8) is 0 Å². The molecule has 0 unspecified atom stereocenters. The molecule has 0 bridgehead atoms. The van der Waals surface area contributed by atoms with E-state index in [4.69, 9.17) is 5.73 Å². The normalized spacial score (nSPS) is 11.5. The van der Waals surface area contributed by atoms with Crippen LogP contribution in [0.1, 0.15) is 11.1 Å². The quantitative estimate of drug-likeness (QED) is 0.849. The van der Waals surface area contributed by atoms with E-state index in [0.717, 1.165) is 17.2 Å². The number of halogens is 1. The van der Waals surface area contributed by atoms with E-state index in [1.54, 1.807) is 0 Å². The number of nitrogens with one attached hydrogen (secondary N) is 1. The Morgan fingerprint density at radius 1 is 1.15 bits per heavy atom. The summed E-state index contributed by atoms with van der Waals surface area (Å²) in [5, 5.41) is 0. The second-order valence-electron chi connectivity index (χ2n) is 4.40. The van der Waals surface area contributed by atoms with E-state index in [9.17, 15) is 12.8 Å². The molecule has 0 radical (unpaired) electrons. The van der Waals surface area contributed by atoms with Crippen LogP contribution >= 0.6 is 0 Å². The zero-order valence-corrected chi connectivity index (χ0v) is 11.7. The first-order valence-electron chi connectivity index (χ1n) is 6.00. The van der Waals surface area contributed by atoms with Crippen molar-refractivity contribution in [3.05, 3.63) is 59.4 Å². The maximum Gasteiger partial charge on any atom is 0.243 e. The molecule has 0 fully saturated rings. The minimum absolute atomic E-state index is 0.130. The summed E-state index contributed by atoms with van der Waals surface area (Å²) >= 11 is 0. The van der Waals surface area contributed by atoms with Crippen molar-refractivity contribution in [2.75, 3.05) is 5.73 Å². The number of hydrogen-bond donors (Lipinski definition) is 2. The monoisotopic (exact) mass is 294 g/mol. The number of rotatable bonds is 4. The van der Waals surface area contributed by atoms with E-state index in [2.05, 4.69) is 4.72 Å². The van der Waals surface area contributed by atoms with Gasteiger partial charge in [-0.1, -0.05) is 30.3 Å². The van der Waals surface area contributed by atoms with Gasteiger partial charge < -0.3 is 5.73 Å². The van der Waals surface area contributed by atoms with E-state index in [1.165, 1.54) is 12.1 Å². The topological polar surface area (TPSA) is 72.2 Å². The predicted molar refractivity (Wildman–Crippen MR) is 76.0 cm³/mol. The molecule has 6 heteroatoms.